The molecule has 530 valence electrons. The van der Waals surface area contributed by atoms with E-state index in [-0.39, 0.29) is 5.71 Å². The number of nitrogens with zero attached hydrogens (tertiary/aromatic N) is 2. The second-order valence-electron chi connectivity index (χ2n) is 19.5. The Labute approximate surface area is 513 Å². The highest BCUT2D eigenvalue weighted by molar-refractivity contribution is 7.81. The van der Waals surface area contributed by atoms with Crippen molar-refractivity contribution in [2.75, 3.05) is 46.2 Å². The average Bonchev–Trinajstić information content (AvgIpc) is 2.03. The number of hydrogen-bond acceptors (Lipinski definition) is 47. The van der Waals surface area contributed by atoms with Crippen molar-refractivity contribution < 1.29 is 187 Å². The first-order chi connectivity index (χ1) is 41.7. The molecule has 0 amide bonds. The van der Waals surface area contributed by atoms with Gasteiger partial charge in [-0.25, -0.2) is 10.9 Å². The van der Waals surface area contributed by atoms with Gasteiger partial charge in [0.2, 0.25) is 6.29 Å². The number of hydroxylamine groups is 1. The molecule has 0 aromatic rings. The number of oxime groups is 1. The molecule has 0 aromatic heterocycles. The van der Waals surface area contributed by atoms with Crippen molar-refractivity contribution in [2.24, 2.45) is 27.8 Å². The molecule has 89 heavy (non-hydrogen) atoms. The van der Waals surface area contributed by atoms with Crippen molar-refractivity contribution in [3.63, 3.8) is 0 Å². The van der Waals surface area contributed by atoms with E-state index in [1.54, 1.807) is 5.48 Å². The molecule has 7 unspecified atom stereocenters. The number of hydrogen-bond donors (Lipinski definition) is 38. The van der Waals surface area contributed by atoms with Gasteiger partial charge in [-0.15, -0.1) is 0 Å². The molecule has 33 atom stereocenters. The number of thiol groups is 2. The minimum Gasteiger partial charge on any atom is -0.411 e. The van der Waals surface area contributed by atoms with Gasteiger partial charge in [0.05, 0.1) is 69.0 Å². The Hall–Kier alpha value is -2.00. The molecular weight excluding hydrogens is 1270 g/mol. The first-order valence-corrected chi connectivity index (χ1v) is 27.1. The van der Waals surface area contributed by atoms with Crippen LogP contribution in [0.4, 0.5) is 0 Å². The van der Waals surface area contributed by atoms with Crippen molar-refractivity contribution in [3.05, 3.63) is 0 Å². The number of ether oxygens (including phenoxy) is 7. The van der Waals surface area contributed by atoms with Gasteiger partial charge >= 0.3 is 0 Å². The molecule has 0 aromatic carbocycles. The van der Waals surface area contributed by atoms with E-state index in [4.69, 9.17) is 118 Å². The normalized spacial score (nSPS) is 46.4. The number of nitrogens with two attached hydrogens (primary N) is 3. The third-order valence-corrected chi connectivity index (χ3v) is 14.8. The highest BCUT2D eigenvalue weighted by atomic mass is 32.1. The standard InChI is InChI=1S/2C6H14N2O5.C6H12N2O5.C6H13NO6.C6H11NO6.2C6H12O5S/c3*7-8-3-5(11)4(10)2(1-9)13-6(3)12;2*8-1-2-4(9)5(10)3(7-12)6(11)13-2;2*7-1-2-3(8)4(9)5(12)6(10)11-2/h2*2-6,8-12H,1,7H2;2,4-6,9-12H,1,7H2;2-12H,1H2;2,4-6,8-12H,1H2;2*2-10,12H,1H2/t2-,3+,4-,5-,6?;2-,3-,4-,5-,6?;2-,4-,5-,6?;2-,3+,4-,5-,6?;2-,4-,5-,6?;2-,3-,4+,5+,6?;2-,3-,4+,5-,6?/m1111111/s1. The van der Waals surface area contributed by atoms with Gasteiger partial charge in [-0.05, 0) is 0 Å². The van der Waals surface area contributed by atoms with E-state index in [2.05, 4.69) is 51.1 Å². The molecule has 7 aliphatic heterocycles. The van der Waals surface area contributed by atoms with Gasteiger partial charge in [-0.1, -0.05) is 5.16 Å². The fourth-order valence-corrected chi connectivity index (χ4v) is 8.68. The maximum Gasteiger partial charge on any atom is 0.201 e. The molecule has 0 saturated carbocycles. The Bertz CT molecular complexity index is 1810. The number of nitrogens with one attached hydrogen (secondary N) is 3. The summed E-state index contributed by atoms with van der Waals surface area (Å²) in [5, 5.41) is 275. The summed E-state index contributed by atoms with van der Waals surface area (Å²) < 4.78 is 33.1. The van der Waals surface area contributed by atoms with Gasteiger partial charge in [0, 0.05) is 0 Å². The SMILES string of the molecule is NN=C1C(O)O[C@H](CO)[C@@H](O)[C@@H]1O.NN[C@@H]1C(O)O[C@H](CO)[C@@H](O)[C@@H]1O.NN[C@H]1C(O)O[C@H](CO)[C@@H](O)[C@@H]1O.OC[C@H]1OC(O)C(=NO)[C@@H](O)[C@@H]1O.OC[C@H]1OC(O)[C@@H](NO)[C@@H](O)[C@@H]1O.OC[C@H]1OC(O)[C@@H](S)[C@@H](O)[C@@H]1O.OC[C@H]1OC(O)[C@H](S)[C@@H](O)[C@@H]1O. The van der Waals surface area contributed by atoms with Crippen LogP contribution in [0.2, 0.25) is 0 Å². The zero-order chi connectivity index (χ0) is 68.6. The number of hydrazone groups is 1. The van der Waals surface area contributed by atoms with Gasteiger partial charge in [0.25, 0.3) is 0 Å². The molecule has 47 heteroatoms. The summed E-state index contributed by atoms with van der Waals surface area (Å²) >= 11 is 7.65. The van der Waals surface area contributed by atoms with E-state index in [9.17, 15) is 81.7 Å². The van der Waals surface area contributed by atoms with Gasteiger partial charge in [-0.3, -0.25) is 11.7 Å². The predicted molar refractivity (Wildman–Crippen MR) is 287 cm³/mol. The highest BCUT2D eigenvalue weighted by Gasteiger charge is 2.48. The number of aliphatic hydroxyl groups is 28. The monoisotopic (exact) mass is 1360 g/mol. The minimum atomic E-state index is -1.61. The highest BCUT2D eigenvalue weighted by Crippen LogP contribution is 2.26. The van der Waals surface area contributed by atoms with Gasteiger partial charge in [0.1, 0.15) is 146 Å². The summed E-state index contributed by atoms with van der Waals surface area (Å²) in [7, 11) is 0. The zero-order valence-electron chi connectivity index (χ0n) is 46.3. The van der Waals surface area contributed by atoms with Crippen molar-refractivity contribution in [3.8, 4) is 0 Å². The van der Waals surface area contributed by atoms with Crippen LogP contribution in [0.1, 0.15) is 0 Å². The van der Waals surface area contributed by atoms with Crippen LogP contribution in [0.3, 0.4) is 0 Å². The lowest BCUT2D eigenvalue weighted by atomic mass is 9.98. The summed E-state index contributed by atoms with van der Waals surface area (Å²) in [6.07, 6.45) is -35.1. The van der Waals surface area contributed by atoms with Crippen LogP contribution in [0.5, 0.6) is 0 Å². The van der Waals surface area contributed by atoms with Crippen molar-refractivity contribution in [2.45, 2.75) is 201 Å². The van der Waals surface area contributed by atoms with Crippen molar-refractivity contribution in [1.82, 2.24) is 16.3 Å². The number of rotatable bonds is 10. The fourth-order valence-electron chi connectivity index (χ4n) is 8.19. The first-order valence-electron chi connectivity index (χ1n) is 26.0. The molecule has 0 aliphatic carbocycles. The first kappa shape index (κ1) is 85.0. The minimum absolute atomic E-state index is 0.253. The topological polar surface area (TPSA) is 810 Å². The lowest BCUT2D eigenvalue weighted by molar-refractivity contribution is -0.265. The fraction of sp³-hybridized carbons (Fsp3) is 0.952. The largest absolute Gasteiger partial charge is 0.411 e. The summed E-state index contributed by atoms with van der Waals surface area (Å²) in [6, 6.07) is -3.10. The summed E-state index contributed by atoms with van der Waals surface area (Å²) in [5.41, 5.74) is 5.11. The molecule has 39 N–H and O–H groups in total. The quantitative estimate of drug-likeness (QED) is 0.0418. The van der Waals surface area contributed by atoms with Crippen LogP contribution in [-0.2, 0) is 33.2 Å². The number of hydrazine groups is 2. The number of aliphatic hydroxyl groups excluding tert-OH is 28. The van der Waals surface area contributed by atoms with Gasteiger partial charge in [0.15, 0.2) is 37.7 Å². The maximum atomic E-state index is 9.37. The van der Waals surface area contributed by atoms with Gasteiger partial charge in [-0.2, -0.15) is 35.8 Å². The molecule has 7 saturated heterocycles. The van der Waals surface area contributed by atoms with Crippen LogP contribution < -0.4 is 33.9 Å². The van der Waals surface area contributed by atoms with Crippen LogP contribution in [-0.4, -0.2) is 412 Å². The molecule has 7 aliphatic rings. The zero-order valence-corrected chi connectivity index (χ0v) is 48.1. The third-order valence-electron chi connectivity index (χ3n) is 13.7. The van der Waals surface area contributed by atoms with Crippen LogP contribution in [0, 0.1) is 0 Å². The molecule has 0 bridgehead atoms. The van der Waals surface area contributed by atoms with Gasteiger partial charge < -0.3 is 192 Å². The molecule has 7 rings (SSSR count). The lowest BCUT2D eigenvalue weighted by Gasteiger charge is -2.39. The Balaban J connectivity index is 0.000000519. The van der Waals surface area contributed by atoms with E-state index in [1.807, 2.05) is 0 Å². The Morgan fingerprint density at radius 2 is 0.573 bits per heavy atom. The van der Waals surface area contributed by atoms with E-state index in [0.29, 0.717) is 0 Å². The molecule has 45 nitrogen and oxygen atoms in total. The van der Waals surface area contributed by atoms with Crippen molar-refractivity contribution in [1.29, 1.82) is 0 Å². The van der Waals surface area contributed by atoms with Crippen LogP contribution in [0.25, 0.3) is 0 Å². The summed E-state index contributed by atoms with van der Waals surface area (Å²) in [4.78, 5) is 0. The van der Waals surface area contributed by atoms with Crippen molar-refractivity contribution >= 4 is 36.7 Å². The molecule has 0 radical (unpaired) electrons. The third kappa shape index (κ3) is 23.1. The Morgan fingerprint density at radius 3 is 0.831 bits per heavy atom. The predicted octanol–water partition coefficient (Wildman–Crippen LogP) is -21.3. The molecule has 0 spiro atoms. The summed E-state index contributed by atoms with van der Waals surface area (Å²) in [5.74, 6) is 14.9. The van der Waals surface area contributed by atoms with E-state index < -0.39 is 253 Å². The maximum absolute atomic E-state index is 9.37. The molecule has 7 heterocycles. The van der Waals surface area contributed by atoms with E-state index in [0.717, 1.165) is 0 Å². The lowest BCUT2D eigenvalue weighted by Crippen LogP contribution is -2.64. The summed E-state index contributed by atoms with van der Waals surface area (Å²) in [6.45, 7) is -3.43. The molecule has 7 fully saturated rings. The average molecular weight is 1360 g/mol. The van der Waals surface area contributed by atoms with E-state index in [1.165, 1.54) is 0 Å². The van der Waals surface area contributed by atoms with Crippen LogP contribution in [0.15, 0.2) is 10.3 Å². The second kappa shape index (κ2) is 41.7. The Kier molecular flexibility index (Phi) is 39.9. The Morgan fingerprint density at radius 1 is 0.337 bits per heavy atom. The van der Waals surface area contributed by atoms with Crippen LogP contribution >= 0.6 is 25.3 Å². The smallest absolute Gasteiger partial charge is 0.201 e. The second-order valence-corrected chi connectivity index (χ2v) is 20.7. The molecular formula is C42H88N8O37S2. The van der Waals surface area contributed by atoms with E-state index >= 15 is 0 Å².